The van der Waals surface area contributed by atoms with E-state index in [1.165, 1.54) is 10.8 Å². The molecule has 1 aromatic rings. The molecule has 1 heterocycles. The number of aromatic carboxylic acids is 1. The average Bonchev–Trinajstić information content (AvgIpc) is 2.91. The van der Waals surface area contributed by atoms with Crippen LogP contribution in [0.5, 0.6) is 0 Å². The molecule has 6 nitrogen and oxygen atoms in total. The van der Waals surface area contributed by atoms with Gasteiger partial charge in [-0.2, -0.15) is 13.2 Å². The molecule has 0 saturated heterocycles. The average molecular weight is 368 g/mol. The molecule has 1 saturated carbocycles. The van der Waals surface area contributed by atoms with Crippen LogP contribution < -0.4 is 4.72 Å². The molecule has 2 atom stereocenters. The van der Waals surface area contributed by atoms with Crippen molar-refractivity contribution in [3.05, 3.63) is 18.0 Å². The third-order valence-electron chi connectivity index (χ3n) is 4.20. The van der Waals surface area contributed by atoms with E-state index in [9.17, 15) is 26.4 Å². The maximum Gasteiger partial charge on any atom is 0.391 e. The molecule has 10 heteroatoms. The second-order valence-electron chi connectivity index (χ2n) is 5.88. The van der Waals surface area contributed by atoms with E-state index in [1.54, 1.807) is 6.92 Å². The smallest absolute Gasteiger partial charge is 0.391 e. The highest BCUT2D eigenvalue weighted by Gasteiger charge is 2.43. The fourth-order valence-corrected chi connectivity index (χ4v) is 4.27. The third-order valence-corrected chi connectivity index (χ3v) is 5.69. The van der Waals surface area contributed by atoms with Gasteiger partial charge in [-0.05, 0) is 32.3 Å². The van der Waals surface area contributed by atoms with Crippen LogP contribution in [0.4, 0.5) is 13.2 Å². The highest BCUT2D eigenvalue weighted by Crippen LogP contribution is 2.37. The van der Waals surface area contributed by atoms with Crippen molar-refractivity contribution in [1.29, 1.82) is 0 Å². The minimum absolute atomic E-state index is 0.00288. The molecular weight excluding hydrogens is 349 g/mol. The monoisotopic (exact) mass is 368 g/mol. The molecule has 0 aromatic carbocycles. The van der Waals surface area contributed by atoms with Crippen LogP contribution in [0, 0.1) is 5.92 Å². The first-order chi connectivity index (χ1) is 11.0. The fraction of sp³-hybridized carbons (Fsp3) is 0.643. The van der Waals surface area contributed by atoms with Crippen LogP contribution in [-0.4, -0.2) is 36.3 Å². The van der Waals surface area contributed by atoms with Crippen LogP contribution in [0.25, 0.3) is 0 Å². The number of carbonyl (C=O) groups is 1. The quantitative estimate of drug-likeness (QED) is 0.836. The lowest BCUT2D eigenvalue weighted by Crippen LogP contribution is -2.41. The summed E-state index contributed by atoms with van der Waals surface area (Å²) in [5.41, 5.74) is -0.185. The molecular formula is C14H19F3N2O4S. The Hall–Kier alpha value is -1.55. The van der Waals surface area contributed by atoms with Crippen LogP contribution in [0.2, 0.25) is 0 Å². The lowest BCUT2D eigenvalue weighted by atomic mass is 9.86. The fourth-order valence-electron chi connectivity index (χ4n) is 2.95. The van der Waals surface area contributed by atoms with Crippen molar-refractivity contribution >= 4 is 16.0 Å². The number of nitrogens with one attached hydrogen (secondary N) is 1. The van der Waals surface area contributed by atoms with E-state index in [0.717, 1.165) is 6.07 Å². The summed E-state index contributed by atoms with van der Waals surface area (Å²) in [4.78, 5) is 10.8. The predicted molar refractivity (Wildman–Crippen MR) is 79.2 cm³/mol. The van der Waals surface area contributed by atoms with Gasteiger partial charge in [0.15, 0.2) is 0 Å². The molecule has 24 heavy (non-hydrogen) atoms. The largest absolute Gasteiger partial charge is 0.477 e. The molecule has 0 spiro atoms. The summed E-state index contributed by atoms with van der Waals surface area (Å²) in [5, 5.41) is 9.06. The van der Waals surface area contributed by atoms with Crippen LogP contribution in [0.1, 0.15) is 43.1 Å². The van der Waals surface area contributed by atoms with Crippen molar-refractivity contribution in [3.8, 4) is 0 Å². The van der Waals surface area contributed by atoms with Crippen LogP contribution in [-0.2, 0) is 16.6 Å². The molecule has 0 radical (unpaired) electrons. The minimum Gasteiger partial charge on any atom is -0.477 e. The van der Waals surface area contributed by atoms with Crippen molar-refractivity contribution in [3.63, 3.8) is 0 Å². The number of rotatable bonds is 5. The molecule has 1 aromatic heterocycles. The summed E-state index contributed by atoms with van der Waals surface area (Å²) in [5.74, 6) is -2.79. The normalized spacial score (nSPS) is 22.5. The Bertz CT molecular complexity index is 712. The summed E-state index contributed by atoms with van der Waals surface area (Å²) in [7, 11) is -4.08. The number of carboxylic acid groups (broad SMARTS) is 1. The number of hydrogen-bond donors (Lipinski definition) is 2. The van der Waals surface area contributed by atoms with Crippen molar-refractivity contribution in [2.45, 2.75) is 56.3 Å². The van der Waals surface area contributed by atoms with Gasteiger partial charge in [0.2, 0.25) is 10.0 Å². The van der Waals surface area contributed by atoms with Gasteiger partial charge >= 0.3 is 12.1 Å². The Balaban J connectivity index is 2.18. The lowest BCUT2D eigenvalue weighted by molar-refractivity contribution is -0.183. The first kappa shape index (κ1) is 18.8. The van der Waals surface area contributed by atoms with E-state index in [2.05, 4.69) is 4.72 Å². The van der Waals surface area contributed by atoms with Crippen molar-refractivity contribution in [1.82, 2.24) is 9.29 Å². The first-order valence-corrected chi connectivity index (χ1v) is 9.05. The molecule has 0 unspecified atom stereocenters. The molecule has 1 fully saturated rings. The van der Waals surface area contributed by atoms with E-state index in [4.69, 9.17) is 5.11 Å². The molecule has 0 aliphatic heterocycles. The highest BCUT2D eigenvalue weighted by atomic mass is 32.2. The number of aryl methyl sites for hydroxylation is 1. The zero-order valence-corrected chi connectivity index (χ0v) is 13.8. The molecule has 2 N–H and O–H groups in total. The molecule has 0 bridgehead atoms. The second-order valence-corrected chi connectivity index (χ2v) is 7.59. The summed E-state index contributed by atoms with van der Waals surface area (Å²) < 4.78 is 66.7. The molecule has 1 aliphatic rings. The summed E-state index contributed by atoms with van der Waals surface area (Å²) >= 11 is 0. The van der Waals surface area contributed by atoms with E-state index in [1.807, 2.05) is 0 Å². The van der Waals surface area contributed by atoms with Gasteiger partial charge in [-0.25, -0.2) is 17.9 Å². The van der Waals surface area contributed by atoms with E-state index in [-0.39, 0.29) is 36.4 Å². The Kier molecular flexibility index (Phi) is 5.28. The standard InChI is InChI=1S/C14H19F3N2O4S/c1-2-19-8-11(7-12(19)13(20)21)24(22,23)18-10-5-3-4-9(6-10)14(15,16)17/h7-10,18H,2-6H2,1H3,(H,20,21)/t9-,10-/m1/s1. The molecule has 0 amide bonds. The Morgan fingerprint density at radius 1 is 1.42 bits per heavy atom. The Morgan fingerprint density at radius 3 is 2.58 bits per heavy atom. The van der Waals surface area contributed by atoms with E-state index >= 15 is 0 Å². The molecule has 136 valence electrons. The predicted octanol–water partition coefficient (Wildman–Crippen LogP) is 2.61. The van der Waals surface area contributed by atoms with E-state index < -0.39 is 34.1 Å². The van der Waals surface area contributed by atoms with Gasteiger partial charge < -0.3 is 9.67 Å². The van der Waals surface area contributed by atoms with Gasteiger partial charge in [-0.1, -0.05) is 6.42 Å². The van der Waals surface area contributed by atoms with Crippen molar-refractivity contribution < 1.29 is 31.5 Å². The zero-order chi connectivity index (χ0) is 18.1. The first-order valence-electron chi connectivity index (χ1n) is 7.57. The second kappa shape index (κ2) is 6.75. The van der Waals surface area contributed by atoms with Crippen LogP contribution >= 0.6 is 0 Å². The van der Waals surface area contributed by atoms with E-state index in [0.29, 0.717) is 6.42 Å². The van der Waals surface area contributed by atoms with Gasteiger partial charge in [-0.15, -0.1) is 0 Å². The maximum atomic E-state index is 12.8. The number of alkyl halides is 3. The minimum atomic E-state index is -4.34. The molecule has 1 aliphatic carbocycles. The number of sulfonamides is 1. The Labute approximate surface area is 137 Å². The SMILES string of the molecule is CCn1cc(S(=O)(=O)N[C@@H]2CCC[C@@H](C(F)(F)F)C2)cc1C(=O)O. The van der Waals surface area contributed by atoms with Crippen molar-refractivity contribution in [2.75, 3.05) is 0 Å². The maximum absolute atomic E-state index is 12.8. The molecule has 2 rings (SSSR count). The highest BCUT2D eigenvalue weighted by molar-refractivity contribution is 7.89. The third kappa shape index (κ3) is 4.10. The zero-order valence-electron chi connectivity index (χ0n) is 13.0. The van der Waals surface area contributed by atoms with Crippen LogP contribution in [0.15, 0.2) is 17.2 Å². The number of carboxylic acids is 1. The summed E-state index contributed by atoms with van der Waals surface area (Å²) in [6.07, 6.45) is -2.86. The van der Waals surface area contributed by atoms with Gasteiger partial charge in [0.25, 0.3) is 0 Å². The Morgan fingerprint density at radius 2 is 2.08 bits per heavy atom. The summed E-state index contributed by atoms with van der Waals surface area (Å²) in [6.45, 7) is 1.92. The van der Waals surface area contributed by atoms with Crippen molar-refractivity contribution in [2.24, 2.45) is 5.92 Å². The van der Waals surface area contributed by atoms with Gasteiger partial charge in [-0.3, -0.25) is 0 Å². The number of hydrogen-bond acceptors (Lipinski definition) is 3. The van der Waals surface area contributed by atoms with Gasteiger partial charge in [0, 0.05) is 18.8 Å². The number of aromatic nitrogens is 1. The number of halogens is 3. The van der Waals surface area contributed by atoms with Gasteiger partial charge in [0.1, 0.15) is 10.6 Å². The van der Waals surface area contributed by atoms with Gasteiger partial charge in [0.05, 0.1) is 5.92 Å². The topological polar surface area (TPSA) is 88.4 Å². The number of nitrogens with zero attached hydrogens (tertiary/aromatic N) is 1. The lowest BCUT2D eigenvalue weighted by Gasteiger charge is -2.30. The summed E-state index contributed by atoms with van der Waals surface area (Å²) in [6, 6.07) is 0.201. The van der Waals surface area contributed by atoms with Crippen LogP contribution in [0.3, 0.4) is 0 Å².